The fourth-order valence-electron chi connectivity index (χ4n) is 2.74. The Morgan fingerprint density at radius 2 is 1.87 bits per heavy atom. The number of benzene rings is 1. The number of nitrogens with one attached hydrogen (secondary N) is 3. The van der Waals surface area contributed by atoms with Crippen molar-refractivity contribution in [3.63, 3.8) is 0 Å². The molecule has 0 unspecified atom stereocenters. The second-order valence-electron chi connectivity index (χ2n) is 5.66. The number of rotatable bonds is 4. The van der Waals surface area contributed by atoms with Crippen LogP contribution < -0.4 is 10.4 Å². The normalized spacial score (nSPS) is 16.8. The maximum atomic E-state index is 12.4. The van der Waals surface area contributed by atoms with Crippen LogP contribution in [0.3, 0.4) is 0 Å². The summed E-state index contributed by atoms with van der Waals surface area (Å²) in [6.07, 6.45) is 1.89. The number of imidazole rings is 1. The lowest BCUT2D eigenvalue weighted by atomic mass is 10.3. The molecule has 0 aliphatic carbocycles. The van der Waals surface area contributed by atoms with Gasteiger partial charge in [-0.1, -0.05) is 0 Å². The standard InChI is InChI=1S/C14H18N4O4S/c1-9(13(19)18-6-2-3-7-18)17-23(21,22)10-4-5-11-12(8-10)16-14(20)15-11/h4-5,8-9,17H,2-3,6-7H2,1H3,(H2,15,16,20)/t9-/m0/s1. The number of H-pyrrole nitrogens is 2. The second kappa shape index (κ2) is 5.82. The van der Waals surface area contributed by atoms with Crippen molar-refractivity contribution in [1.82, 2.24) is 19.6 Å². The first-order valence-corrected chi connectivity index (χ1v) is 8.88. The number of carbonyl (C=O) groups excluding carboxylic acids is 1. The molecular formula is C14H18N4O4S. The minimum atomic E-state index is -3.85. The van der Waals surface area contributed by atoms with Crippen LogP contribution in [0.4, 0.5) is 0 Å². The van der Waals surface area contributed by atoms with Crippen molar-refractivity contribution in [3.05, 3.63) is 28.7 Å². The van der Waals surface area contributed by atoms with E-state index in [2.05, 4.69) is 14.7 Å². The third-order valence-electron chi connectivity index (χ3n) is 3.92. The number of fused-ring (bicyclic) bond motifs is 1. The molecule has 0 spiro atoms. The lowest BCUT2D eigenvalue weighted by Gasteiger charge is -2.21. The summed E-state index contributed by atoms with van der Waals surface area (Å²) in [5, 5.41) is 0. The van der Waals surface area contributed by atoms with Crippen LogP contribution in [0.1, 0.15) is 19.8 Å². The van der Waals surface area contributed by atoms with Gasteiger partial charge in [0.25, 0.3) is 0 Å². The van der Waals surface area contributed by atoms with Gasteiger partial charge in [-0.2, -0.15) is 4.72 Å². The monoisotopic (exact) mass is 338 g/mol. The molecule has 1 aromatic heterocycles. The van der Waals surface area contributed by atoms with Gasteiger partial charge in [-0.05, 0) is 38.0 Å². The van der Waals surface area contributed by atoms with E-state index in [9.17, 15) is 18.0 Å². The van der Waals surface area contributed by atoms with E-state index in [4.69, 9.17) is 0 Å². The van der Waals surface area contributed by atoms with Gasteiger partial charge in [0.05, 0.1) is 22.0 Å². The van der Waals surface area contributed by atoms with Crippen LogP contribution in [-0.4, -0.2) is 48.3 Å². The molecule has 1 aliphatic rings. The number of aromatic amines is 2. The topological polar surface area (TPSA) is 115 Å². The Bertz CT molecular complexity index is 893. The number of aromatic nitrogens is 2. The number of hydrogen-bond acceptors (Lipinski definition) is 4. The molecule has 2 heterocycles. The number of sulfonamides is 1. The minimum absolute atomic E-state index is 0.00122. The Hall–Kier alpha value is -2.13. The summed E-state index contributed by atoms with van der Waals surface area (Å²) in [4.78, 5) is 30.2. The van der Waals surface area contributed by atoms with E-state index in [0.29, 0.717) is 24.1 Å². The lowest BCUT2D eigenvalue weighted by Crippen LogP contribution is -2.45. The summed E-state index contributed by atoms with van der Waals surface area (Å²) >= 11 is 0. The molecular weight excluding hydrogens is 320 g/mol. The van der Waals surface area contributed by atoms with Crippen LogP contribution in [0.2, 0.25) is 0 Å². The molecule has 0 bridgehead atoms. The van der Waals surface area contributed by atoms with Gasteiger partial charge in [-0.3, -0.25) is 4.79 Å². The van der Waals surface area contributed by atoms with Gasteiger partial charge in [-0.25, -0.2) is 13.2 Å². The molecule has 23 heavy (non-hydrogen) atoms. The maximum absolute atomic E-state index is 12.4. The molecule has 124 valence electrons. The van der Waals surface area contributed by atoms with E-state index < -0.39 is 21.8 Å². The van der Waals surface area contributed by atoms with Crippen LogP contribution in [0.25, 0.3) is 11.0 Å². The van der Waals surface area contributed by atoms with Crippen LogP contribution in [0.5, 0.6) is 0 Å². The van der Waals surface area contributed by atoms with Crippen molar-refractivity contribution in [2.45, 2.75) is 30.7 Å². The molecule has 0 radical (unpaired) electrons. The first-order chi connectivity index (χ1) is 10.9. The van der Waals surface area contributed by atoms with Gasteiger partial charge in [0.2, 0.25) is 15.9 Å². The summed E-state index contributed by atoms with van der Waals surface area (Å²) in [5.41, 5.74) is 0.520. The Labute approximate surface area is 132 Å². The van der Waals surface area contributed by atoms with Crippen molar-refractivity contribution in [2.24, 2.45) is 0 Å². The highest BCUT2D eigenvalue weighted by molar-refractivity contribution is 7.89. The number of likely N-dealkylation sites (tertiary alicyclic amines) is 1. The van der Waals surface area contributed by atoms with Crippen molar-refractivity contribution >= 4 is 27.0 Å². The number of hydrogen-bond donors (Lipinski definition) is 3. The highest BCUT2D eigenvalue weighted by atomic mass is 32.2. The molecule has 1 atom stereocenters. The van der Waals surface area contributed by atoms with E-state index >= 15 is 0 Å². The van der Waals surface area contributed by atoms with Crippen LogP contribution >= 0.6 is 0 Å². The Morgan fingerprint density at radius 1 is 1.22 bits per heavy atom. The average molecular weight is 338 g/mol. The highest BCUT2D eigenvalue weighted by Gasteiger charge is 2.27. The number of amides is 1. The largest absolute Gasteiger partial charge is 0.341 e. The Morgan fingerprint density at radius 3 is 2.57 bits per heavy atom. The zero-order valence-electron chi connectivity index (χ0n) is 12.6. The van der Waals surface area contributed by atoms with Crippen molar-refractivity contribution in [3.8, 4) is 0 Å². The van der Waals surface area contributed by atoms with Gasteiger partial charge in [-0.15, -0.1) is 0 Å². The molecule has 9 heteroatoms. The molecule has 1 amide bonds. The van der Waals surface area contributed by atoms with E-state index in [0.717, 1.165) is 12.8 Å². The van der Waals surface area contributed by atoms with E-state index in [1.165, 1.54) is 25.1 Å². The van der Waals surface area contributed by atoms with Gasteiger partial charge in [0.1, 0.15) is 0 Å². The zero-order chi connectivity index (χ0) is 16.6. The molecule has 1 aliphatic heterocycles. The summed E-state index contributed by atoms with van der Waals surface area (Å²) in [6.45, 7) is 2.87. The first kappa shape index (κ1) is 15.8. The average Bonchev–Trinajstić information content (AvgIpc) is 3.13. The van der Waals surface area contributed by atoms with E-state index in [1.807, 2.05) is 0 Å². The van der Waals surface area contributed by atoms with Crippen molar-refractivity contribution in [2.75, 3.05) is 13.1 Å². The summed E-state index contributed by atoms with van der Waals surface area (Å²) in [7, 11) is -3.85. The second-order valence-corrected chi connectivity index (χ2v) is 7.38. The fourth-order valence-corrected chi connectivity index (χ4v) is 3.96. The molecule has 1 aromatic carbocycles. The van der Waals surface area contributed by atoms with Gasteiger partial charge >= 0.3 is 5.69 Å². The van der Waals surface area contributed by atoms with E-state index in [1.54, 1.807) is 4.90 Å². The first-order valence-electron chi connectivity index (χ1n) is 7.40. The molecule has 8 nitrogen and oxygen atoms in total. The molecule has 3 rings (SSSR count). The predicted octanol–water partition coefficient (Wildman–Crippen LogP) is 0.145. The summed E-state index contributed by atoms with van der Waals surface area (Å²) in [5.74, 6) is -0.220. The molecule has 1 saturated heterocycles. The molecule has 0 saturated carbocycles. The lowest BCUT2D eigenvalue weighted by molar-refractivity contribution is -0.131. The smallest absolute Gasteiger partial charge is 0.323 e. The van der Waals surface area contributed by atoms with Gasteiger partial charge in [0.15, 0.2) is 0 Å². The van der Waals surface area contributed by atoms with Crippen LogP contribution in [0.15, 0.2) is 27.9 Å². The van der Waals surface area contributed by atoms with Gasteiger partial charge < -0.3 is 14.9 Å². The Balaban J connectivity index is 1.81. The van der Waals surface area contributed by atoms with Crippen molar-refractivity contribution < 1.29 is 13.2 Å². The summed E-state index contributed by atoms with van der Waals surface area (Å²) in [6, 6.07) is 3.43. The van der Waals surface area contributed by atoms with E-state index in [-0.39, 0.29) is 10.8 Å². The zero-order valence-corrected chi connectivity index (χ0v) is 13.4. The maximum Gasteiger partial charge on any atom is 0.323 e. The Kier molecular flexibility index (Phi) is 3.99. The number of nitrogens with zero attached hydrogens (tertiary/aromatic N) is 1. The third-order valence-corrected chi connectivity index (χ3v) is 5.46. The fraction of sp³-hybridized carbons (Fsp3) is 0.429. The van der Waals surface area contributed by atoms with Crippen LogP contribution in [0, 0.1) is 0 Å². The summed E-state index contributed by atoms with van der Waals surface area (Å²) < 4.78 is 27.3. The number of carbonyl (C=O) groups is 1. The molecule has 1 fully saturated rings. The third kappa shape index (κ3) is 3.15. The van der Waals surface area contributed by atoms with Gasteiger partial charge in [0, 0.05) is 13.1 Å². The quantitative estimate of drug-likeness (QED) is 0.736. The molecule has 2 aromatic rings. The van der Waals surface area contributed by atoms with Crippen LogP contribution in [-0.2, 0) is 14.8 Å². The predicted molar refractivity (Wildman–Crippen MR) is 84.5 cm³/mol. The SMILES string of the molecule is C[C@H](NS(=O)(=O)c1ccc2[nH]c(=O)[nH]c2c1)C(=O)N1CCCC1. The minimum Gasteiger partial charge on any atom is -0.341 e. The van der Waals surface area contributed by atoms with Crippen molar-refractivity contribution in [1.29, 1.82) is 0 Å². The molecule has 3 N–H and O–H groups in total. The highest BCUT2D eigenvalue weighted by Crippen LogP contribution is 2.16.